The molecule has 1 aliphatic heterocycles. The van der Waals surface area contributed by atoms with Gasteiger partial charge in [0, 0.05) is 37.1 Å². The molecule has 0 aliphatic carbocycles. The van der Waals surface area contributed by atoms with Crippen molar-refractivity contribution in [1.82, 2.24) is 24.8 Å². The summed E-state index contributed by atoms with van der Waals surface area (Å²) in [5.41, 5.74) is 0.870. The molecule has 0 atom stereocenters. The van der Waals surface area contributed by atoms with Crippen molar-refractivity contribution in [2.75, 3.05) is 18.4 Å². The molecule has 0 bridgehead atoms. The number of hydrogen-bond acceptors (Lipinski definition) is 7. The maximum Gasteiger partial charge on any atom is 0.258 e. The maximum atomic E-state index is 12.1. The number of unbranched alkanes of at least 4 members (excludes halogenated alkanes) is 1. The Morgan fingerprint density at radius 3 is 2.70 bits per heavy atom. The Bertz CT molecular complexity index is 967. The first-order chi connectivity index (χ1) is 14.7. The van der Waals surface area contributed by atoms with Crippen LogP contribution in [-0.2, 0) is 4.79 Å². The number of rotatable bonds is 9. The number of nitrogens with one attached hydrogen (secondary N) is 2. The normalized spacial score (nSPS) is 12.7. The molecule has 9 heteroatoms. The van der Waals surface area contributed by atoms with Gasteiger partial charge in [0.15, 0.2) is 11.5 Å². The van der Waals surface area contributed by atoms with Crippen molar-refractivity contribution in [2.24, 2.45) is 0 Å². The van der Waals surface area contributed by atoms with E-state index in [1.54, 1.807) is 23.3 Å². The predicted molar refractivity (Wildman–Crippen MR) is 111 cm³/mol. The van der Waals surface area contributed by atoms with Crippen molar-refractivity contribution >= 4 is 11.7 Å². The van der Waals surface area contributed by atoms with Crippen LogP contribution in [0.5, 0.6) is 11.5 Å². The summed E-state index contributed by atoms with van der Waals surface area (Å²) in [5, 5.41) is 6.15. The number of carbonyl (C=O) groups is 1. The SMILES string of the molecule is Cc1cc(NCCCCC(=O)NCC2Oc3ccccc3O2)nc(-n2ccnc2)n1. The average Bonchev–Trinajstić information content (AvgIpc) is 3.41. The van der Waals surface area contributed by atoms with Crippen LogP contribution in [-0.4, -0.2) is 44.8 Å². The van der Waals surface area contributed by atoms with Crippen molar-refractivity contribution in [3.8, 4) is 17.4 Å². The predicted octanol–water partition coefficient (Wildman–Crippen LogP) is 2.47. The number of nitrogens with zero attached hydrogens (tertiary/aromatic N) is 4. The molecule has 0 radical (unpaired) electrons. The number of amides is 1. The van der Waals surface area contributed by atoms with Crippen LogP contribution in [0.25, 0.3) is 5.95 Å². The molecule has 1 aliphatic rings. The second kappa shape index (κ2) is 9.25. The van der Waals surface area contributed by atoms with E-state index in [4.69, 9.17) is 9.47 Å². The molecule has 0 unspecified atom stereocenters. The standard InChI is InChI=1S/C21H24N6O3/c1-15-12-18(26-21(25-15)27-11-10-22-14-27)23-9-5-4-8-19(28)24-13-20-29-16-6-2-3-7-17(16)30-20/h2-3,6-7,10-12,14,20H,4-5,8-9,13H2,1H3,(H,24,28)(H,23,25,26). The smallest absolute Gasteiger partial charge is 0.258 e. The molecule has 3 heterocycles. The lowest BCUT2D eigenvalue weighted by Gasteiger charge is -2.11. The van der Waals surface area contributed by atoms with E-state index in [-0.39, 0.29) is 5.91 Å². The molecule has 3 aromatic rings. The molecule has 1 aromatic carbocycles. The second-order valence-electron chi connectivity index (χ2n) is 6.96. The van der Waals surface area contributed by atoms with Crippen LogP contribution in [0.3, 0.4) is 0 Å². The van der Waals surface area contributed by atoms with Gasteiger partial charge in [-0.3, -0.25) is 9.36 Å². The number of benzene rings is 1. The number of aryl methyl sites for hydroxylation is 1. The third kappa shape index (κ3) is 5.05. The Labute approximate surface area is 174 Å². The van der Waals surface area contributed by atoms with Gasteiger partial charge < -0.3 is 20.1 Å². The lowest BCUT2D eigenvalue weighted by atomic mass is 10.2. The van der Waals surface area contributed by atoms with Crippen LogP contribution in [0, 0.1) is 6.92 Å². The van der Waals surface area contributed by atoms with Crippen LogP contribution >= 0.6 is 0 Å². The molecule has 9 nitrogen and oxygen atoms in total. The molecule has 0 saturated heterocycles. The molecule has 156 valence electrons. The number of hydrogen-bond donors (Lipinski definition) is 2. The number of fused-ring (bicyclic) bond motifs is 1. The van der Waals surface area contributed by atoms with Crippen LogP contribution in [0.1, 0.15) is 25.0 Å². The van der Waals surface area contributed by atoms with Crippen molar-refractivity contribution in [1.29, 1.82) is 0 Å². The molecule has 0 fully saturated rings. The van der Waals surface area contributed by atoms with Gasteiger partial charge in [0.2, 0.25) is 11.9 Å². The molecule has 2 N–H and O–H groups in total. The van der Waals surface area contributed by atoms with Crippen molar-refractivity contribution < 1.29 is 14.3 Å². The first-order valence-corrected chi connectivity index (χ1v) is 9.94. The van der Waals surface area contributed by atoms with E-state index < -0.39 is 6.29 Å². The van der Waals surface area contributed by atoms with Gasteiger partial charge in [-0.15, -0.1) is 0 Å². The summed E-state index contributed by atoms with van der Waals surface area (Å²) < 4.78 is 13.0. The summed E-state index contributed by atoms with van der Waals surface area (Å²) in [6.07, 6.45) is 6.74. The van der Waals surface area contributed by atoms with E-state index in [1.807, 2.05) is 37.3 Å². The molecular weight excluding hydrogens is 384 g/mol. The fourth-order valence-electron chi connectivity index (χ4n) is 3.08. The Morgan fingerprint density at radius 1 is 1.17 bits per heavy atom. The summed E-state index contributed by atoms with van der Waals surface area (Å²) in [5.74, 6) is 2.73. The van der Waals surface area contributed by atoms with Crippen LogP contribution < -0.4 is 20.1 Å². The number of imidazole rings is 1. The van der Waals surface area contributed by atoms with Gasteiger partial charge in [0.25, 0.3) is 6.29 Å². The zero-order valence-electron chi connectivity index (χ0n) is 16.7. The van der Waals surface area contributed by atoms with E-state index in [1.165, 1.54) is 0 Å². The Morgan fingerprint density at radius 2 is 1.97 bits per heavy atom. The zero-order chi connectivity index (χ0) is 20.8. The maximum absolute atomic E-state index is 12.1. The monoisotopic (exact) mass is 408 g/mol. The van der Waals surface area contributed by atoms with Gasteiger partial charge in [0.1, 0.15) is 12.1 Å². The Kier molecular flexibility index (Phi) is 6.07. The van der Waals surface area contributed by atoms with Crippen molar-refractivity contribution in [2.45, 2.75) is 32.5 Å². The number of aromatic nitrogens is 4. The summed E-state index contributed by atoms with van der Waals surface area (Å²) in [4.78, 5) is 25.0. The van der Waals surface area contributed by atoms with Gasteiger partial charge in [-0.05, 0) is 31.9 Å². The first kappa shape index (κ1) is 19.7. The topological polar surface area (TPSA) is 103 Å². The fraction of sp³-hybridized carbons (Fsp3) is 0.333. The minimum Gasteiger partial charge on any atom is -0.449 e. The highest BCUT2D eigenvalue weighted by Crippen LogP contribution is 2.33. The minimum atomic E-state index is -0.473. The Hall–Kier alpha value is -3.62. The van der Waals surface area contributed by atoms with E-state index >= 15 is 0 Å². The van der Waals surface area contributed by atoms with E-state index in [9.17, 15) is 4.79 Å². The van der Waals surface area contributed by atoms with Gasteiger partial charge in [0.05, 0.1) is 6.54 Å². The van der Waals surface area contributed by atoms with Gasteiger partial charge in [-0.2, -0.15) is 4.98 Å². The molecule has 0 saturated carbocycles. The van der Waals surface area contributed by atoms with Crippen LogP contribution in [0.2, 0.25) is 0 Å². The van der Waals surface area contributed by atoms with Crippen molar-refractivity contribution in [3.05, 3.63) is 54.7 Å². The number of anilines is 1. The fourth-order valence-corrected chi connectivity index (χ4v) is 3.08. The molecule has 2 aromatic heterocycles. The number of carbonyl (C=O) groups excluding carboxylic acids is 1. The second-order valence-corrected chi connectivity index (χ2v) is 6.96. The van der Waals surface area contributed by atoms with E-state index in [0.29, 0.717) is 30.4 Å². The van der Waals surface area contributed by atoms with Crippen LogP contribution in [0.15, 0.2) is 49.1 Å². The molecular formula is C21H24N6O3. The summed E-state index contributed by atoms with van der Waals surface area (Å²) in [6.45, 7) is 2.97. The van der Waals surface area contributed by atoms with Gasteiger partial charge in [-0.1, -0.05) is 12.1 Å². The highest BCUT2D eigenvalue weighted by Gasteiger charge is 2.23. The third-order valence-corrected chi connectivity index (χ3v) is 4.55. The molecule has 4 rings (SSSR count). The summed E-state index contributed by atoms with van der Waals surface area (Å²) in [6, 6.07) is 9.37. The average molecular weight is 408 g/mol. The highest BCUT2D eigenvalue weighted by molar-refractivity contribution is 5.75. The molecule has 30 heavy (non-hydrogen) atoms. The number of para-hydroxylation sites is 2. The zero-order valence-corrected chi connectivity index (χ0v) is 16.7. The lowest BCUT2D eigenvalue weighted by Crippen LogP contribution is -2.36. The quantitative estimate of drug-likeness (QED) is 0.524. The number of ether oxygens (including phenoxy) is 2. The molecule has 0 spiro atoms. The third-order valence-electron chi connectivity index (χ3n) is 4.55. The first-order valence-electron chi connectivity index (χ1n) is 9.94. The van der Waals surface area contributed by atoms with Crippen LogP contribution in [0.4, 0.5) is 5.82 Å². The van der Waals surface area contributed by atoms with Gasteiger partial charge >= 0.3 is 0 Å². The lowest BCUT2D eigenvalue weighted by molar-refractivity contribution is -0.122. The Balaban J connectivity index is 1.13. The minimum absolute atomic E-state index is 0.0153. The van der Waals surface area contributed by atoms with E-state index in [2.05, 4.69) is 25.6 Å². The highest BCUT2D eigenvalue weighted by atomic mass is 16.7. The largest absolute Gasteiger partial charge is 0.449 e. The summed E-state index contributed by atoms with van der Waals surface area (Å²) in [7, 11) is 0. The van der Waals surface area contributed by atoms with E-state index in [0.717, 1.165) is 30.9 Å². The molecule has 1 amide bonds. The summed E-state index contributed by atoms with van der Waals surface area (Å²) >= 11 is 0. The van der Waals surface area contributed by atoms with Crippen molar-refractivity contribution in [3.63, 3.8) is 0 Å². The van der Waals surface area contributed by atoms with Gasteiger partial charge in [-0.25, -0.2) is 9.97 Å².